The van der Waals surface area contributed by atoms with Crippen molar-refractivity contribution < 1.29 is 42.9 Å². The molecule has 0 aliphatic carbocycles. The smallest absolute Gasteiger partial charge is 0.306 e. The van der Waals surface area contributed by atoms with Gasteiger partial charge in [-0.3, -0.25) is 9.59 Å². The Kier molecular flexibility index (Phi) is 57.2. The van der Waals surface area contributed by atoms with E-state index in [2.05, 4.69) is 172 Å². The predicted octanol–water partition coefficient (Wildman–Crippen LogP) is 18.0. The molecule has 0 aromatic rings. The number of carboxylic acids is 1. The summed E-state index contributed by atoms with van der Waals surface area (Å²) in [7, 11) is 5.90. The number of hydrogen-bond acceptors (Lipinski definition) is 8. The Bertz CT molecular complexity index is 1880. The molecule has 0 aliphatic rings. The fourth-order valence-electron chi connectivity index (χ4n) is 7.99. The number of rotatable bonds is 56. The van der Waals surface area contributed by atoms with Crippen molar-refractivity contribution in [2.75, 3.05) is 47.5 Å². The van der Waals surface area contributed by atoms with Gasteiger partial charge in [0.2, 0.25) is 0 Å². The molecule has 0 aliphatic heterocycles. The van der Waals surface area contributed by atoms with Crippen LogP contribution >= 0.6 is 0 Å². The first-order valence-electron chi connectivity index (χ1n) is 31.6. The minimum Gasteiger partial charge on any atom is -0.545 e. The molecule has 0 spiro atoms. The third-order valence-corrected chi connectivity index (χ3v) is 12.8. The number of unbranched alkanes of at least 4 members (excludes halogenated alkanes) is 15. The van der Waals surface area contributed by atoms with Gasteiger partial charge >= 0.3 is 11.9 Å². The van der Waals surface area contributed by atoms with E-state index in [0.717, 1.165) is 122 Å². The summed E-state index contributed by atoms with van der Waals surface area (Å²) in [5.41, 5.74) is 0. The van der Waals surface area contributed by atoms with Crippen LogP contribution in [0.2, 0.25) is 0 Å². The normalized spacial score (nSPS) is 13.8. The van der Waals surface area contributed by atoms with Crippen molar-refractivity contribution >= 4 is 17.9 Å². The molecule has 0 N–H and O–H groups in total. The number of aliphatic carboxylic acids is 1. The van der Waals surface area contributed by atoms with Gasteiger partial charge in [0.25, 0.3) is 0 Å². The van der Waals surface area contributed by atoms with Gasteiger partial charge in [0.15, 0.2) is 12.4 Å². The van der Waals surface area contributed by atoms with Gasteiger partial charge in [-0.1, -0.05) is 242 Å². The van der Waals surface area contributed by atoms with Crippen molar-refractivity contribution in [1.82, 2.24) is 0 Å². The second-order valence-electron chi connectivity index (χ2n) is 21.6. The Morgan fingerprint density at radius 1 is 0.370 bits per heavy atom. The lowest BCUT2D eigenvalue weighted by Gasteiger charge is -2.26. The van der Waals surface area contributed by atoms with Gasteiger partial charge in [-0.2, -0.15) is 0 Å². The number of quaternary nitrogens is 1. The molecular weight excluding hydrogens is 1010 g/mol. The number of esters is 2. The number of hydrogen-bond donors (Lipinski definition) is 0. The lowest BCUT2D eigenvalue weighted by Crippen LogP contribution is -2.44. The second-order valence-corrected chi connectivity index (χ2v) is 21.6. The Balaban J connectivity index is 4.31. The SMILES string of the molecule is CC/C=C\C/C=C\C/C=C\C/C=C\C/C=C\C/C=C\C/C=C\C/C=C\CCCCC(=O)OC(COC(=O)CCCCCCCCCCCCCCC/C=C\C/C=C\C/C=C\C/C=C\C/C=C\CC)COC(OCC[N+](C)(C)C)C(=O)[O-]. The van der Waals surface area contributed by atoms with Gasteiger partial charge < -0.3 is 33.3 Å². The predicted molar refractivity (Wildman–Crippen MR) is 342 cm³/mol. The Labute approximate surface area is 495 Å². The topological polar surface area (TPSA) is 111 Å². The van der Waals surface area contributed by atoms with E-state index in [4.69, 9.17) is 18.9 Å². The van der Waals surface area contributed by atoms with E-state index in [9.17, 15) is 19.5 Å². The van der Waals surface area contributed by atoms with Crippen molar-refractivity contribution in [2.45, 2.75) is 232 Å². The third-order valence-electron chi connectivity index (χ3n) is 12.8. The van der Waals surface area contributed by atoms with E-state index >= 15 is 0 Å². The first kappa shape index (κ1) is 75.9. The number of nitrogens with zero attached hydrogens (tertiary/aromatic N) is 1. The first-order valence-corrected chi connectivity index (χ1v) is 31.6. The van der Waals surface area contributed by atoms with Crippen LogP contribution in [0.1, 0.15) is 219 Å². The maximum atomic E-state index is 12.9. The lowest BCUT2D eigenvalue weighted by atomic mass is 10.0. The molecule has 2 unspecified atom stereocenters. The third kappa shape index (κ3) is 62.4. The highest BCUT2D eigenvalue weighted by molar-refractivity contribution is 5.70. The van der Waals surface area contributed by atoms with E-state index in [0.29, 0.717) is 17.4 Å². The van der Waals surface area contributed by atoms with E-state index in [1.807, 2.05) is 21.1 Å². The van der Waals surface area contributed by atoms with E-state index in [1.165, 1.54) is 64.2 Å². The molecule has 0 saturated carbocycles. The number of carbonyl (C=O) groups is 3. The number of carboxylic acid groups (broad SMARTS) is 1. The largest absolute Gasteiger partial charge is 0.545 e. The van der Waals surface area contributed by atoms with Crippen LogP contribution in [0.5, 0.6) is 0 Å². The van der Waals surface area contributed by atoms with E-state index < -0.39 is 24.3 Å². The zero-order valence-electron chi connectivity index (χ0n) is 51.8. The standard InChI is InChI=1S/C72H115NO8/c1-6-8-10-12-14-16-18-20-22-24-26-28-30-32-34-35-37-38-40-42-44-46-48-50-52-54-56-58-60-62-69(74)79-66-68(67-80-72(71(76)77)78-65-64-73(3,4)5)81-70(75)63-61-59-57-55-53-51-49-47-45-43-41-39-36-33-31-29-27-25-23-21-19-17-15-13-11-9-7-2/h8-11,14-17,20-23,26-29,32-34,36,41,43,47,49,53,55,68,72H,6-7,12-13,18-19,24-25,30-31,35,37-40,42,44-46,48,50-52,54,56-67H2,1-5H3/b10-8-,11-9-,16-14-,17-15-,22-20-,23-21-,28-26-,29-27-,34-32-,36-33-,43-41-,49-47-,55-53-. The molecule has 0 fully saturated rings. The molecule has 0 radical (unpaired) electrons. The van der Waals surface area contributed by atoms with Crippen LogP contribution in [0.15, 0.2) is 158 Å². The molecule has 0 saturated heterocycles. The Morgan fingerprint density at radius 3 is 1.01 bits per heavy atom. The fraction of sp³-hybridized carbons (Fsp3) is 0.597. The molecule has 0 aromatic carbocycles. The van der Waals surface area contributed by atoms with Crippen LogP contribution in [-0.4, -0.2) is 82.3 Å². The molecule has 9 heteroatoms. The fourth-order valence-corrected chi connectivity index (χ4v) is 7.99. The molecule has 0 aromatic heterocycles. The Hall–Kier alpha value is -5.09. The molecule has 0 heterocycles. The number of carbonyl (C=O) groups excluding carboxylic acids is 3. The summed E-state index contributed by atoms with van der Waals surface area (Å²) in [6.45, 7) is 4.45. The van der Waals surface area contributed by atoms with Crippen molar-refractivity contribution in [1.29, 1.82) is 0 Å². The number of likely N-dealkylation sites (N-methyl/N-ethyl adjacent to an activating group) is 1. The van der Waals surface area contributed by atoms with Gasteiger partial charge in [0, 0.05) is 12.8 Å². The maximum Gasteiger partial charge on any atom is 0.306 e. The van der Waals surface area contributed by atoms with Crippen LogP contribution in [-0.2, 0) is 33.3 Å². The van der Waals surface area contributed by atoms with Crippen LogP contribution in [0.3, 0.4) is 0 Å². The van der Waals surface area contributed by atoms with Crippen LogP contribution < -0.4 is 5.11 Å². The highest BCUT2D eigenvalue weighted by atomic mass is 16.7. The Morgan fingerprint density at radius 2 is 0.667 bits per heavy atom. The maximum absolute atomic E-state index is 12.9. The van der Waals surface area contributed by atoms with Gasteiger partial charge in [-0.25, -0.2) is 0 Å². The van der Waals surface area contributed by atoms with Crippen LogP contribution in [0.4, 0.5) is 0 Å². The monoisotopic (exact) mass is 1120 g/mol. The summed E-state index contributed by atoms with van der Waals surface area (Å²) in [6.07, 6.45) is 87.3. The number of allylic oxidation sites excluding steroid dienone is 26. The summed E-state index contributed by atoms with van der Waals surface area (Å²) in [5, 5.41) is 11.8. The molecule has 0 rings (SSSR count). The minimum absolute atomic E-state index is 0.130. The molecule has 0 bridgehead atoms. The van der Waals surface area contributed by atoms with E-state index in [1.54, 1.807) is 0 Å². The summed E-state index contributed by atoms with van der Waals surface area (Å²) in [6, 6.07) is 0. The van der Waals surface area contributed by atoms with Crippen molar-refractivity contribution in [3.63, 3.8) is 0 Å². The summed E-state index contributed by atoms with van der Waals surface area (Å²) in [5.74, 6) is -2.36. The zero-order valence-corrected chi connectivity index (χ0v) is 51.8. The van der Waals surface area contributed by atoms with Crippen LogP contribution in [0.25, 0.3) is 0 Å². The van der Waals surface area contributed by atoms with Crippen molar-refractivity contribution in [2.24, 2.45) is 0 Å². The van der Waals surface area contributed by atoms with Crippen molar-refractivity contribution in [3.8, 4) is 0 Å². The molecule has 9 nitrogen and oxygen atoms in total. The molecule has 0 amide bonds. The zero-order chi connectivity index (χ0) is 59.1. The minimum atomic E-state index is -1.65. The molecule has 2 atom stereocenters. The summed E-state index contributed by atoms with van der Waals surface area (Å²) < 4.78 is 22.7. The first-order chi connectivity index (χ1) is 39.6. The number of ether oxygens (including phenoxy) is 4. The second kappa shape index (κ2) is 61.0. The lowest BCUT2D eigenvalue weighted by molar-refractivity contribution is -0.870. The highest BCUT2D eigenvalue weighted by Gasteiger charge is 2.22. The highest BCUT2D eigenvalue weighted by Crippen LogP contribution is 2.15. The average molecular weight is 1120 g/mol. The van der Waals surface area contributed by atoms with Gasteiger partial charge in [0.05, 0.1) is 40.3 Å². The average Bonchev–Trinajstić information content (AvgIpc) is 3.44. The summed E-state index contributed by atoms with van der Waals surface area (Å²) in [4.78, 5) is 37.4. The quantitative estimate of drug-likeness (QED) is 0.0195. The van der Waals surface area contributed by atoms with Gasteiger partial charge in [-0.05, 0) is 122 Å². The van der Waals surface area contributed by atoms with E-state index in [-0.39, 0.29) is 38.6 Å². The van der Waals surface area contributed by atoms with Crippen LogP contribution in [0, 0.1) is 0 Å². The van der Waals surface area contributed by atoms with Crippen molar-refractivity contribution in [3.05, 3.63) is 158 Å². The molecule has 81 heavy (non-hydrogen) atoms. The van der Waals surface area contributed by atoms with Gasteiger partial charge in [-0.15, -0.1) is 0 Å². The molecule has 456 valence electrons. The van der Waals surface area contributed by atoms with Gasteiger partial charge in [0.1, 0.15) is 13.2 Å². The summed E-state index contributed by atoms with van der Waals surface area (Å²) >= 11 is 0. The molecular formula is C72H115NO8.